The maximum atomic E-state index is 5.56. The SMILES string of the molecule is CCOc1ncccc1CNC(=NC)N(C)Cc1cccn1C.I. The van der Waals surface area contributed by atoms with Crippen molar-refractivity contribution in [3.05, 3.63) is 47.9 Å². The molecule has 0 aromatic carbocycles. The van der Waals surface area contributed by atoms with Crippen molar-refractivity contribution in [2.24, 2.45) is 12.0 Å². The number of aryl methyl sites for hydroxylation is 1. The molecule has 0 bridgehead atoms. The van der Waals surface area contributed by atoms with Gasteiger partial charge in [0.1, 0.15) is 0 Å². The highest BCUT2D eigenvalue weighted by atomic mass is 127. The largest absolute Gasteiger partial charge is 0.478 e. The molecule has 0 unspecified atom stereocenters. The smallest absolute Gasteiger partial charge is 0.218 e. The van der Waals surface area contributed by atoms with E-state index in [1.807, 2.05) is 45.4 Å². The number of hydrogen-bond donors (Lipinski definition) is 1. The minimum atomic E-state index is 0. The number of guanidine groups is 1. The topological polar surface area (TPSA) is 54.7 Å². The van der Waals surface area contributed by atoms with E-state index in [0.717, 1.165) is 18.1 Å². The molecule has 132 valence electrons. The fourth-order valence-corrected chi connectivity index (χ4v) is 2.36. The number of rotatable bonds is 6. The van der Waals surface area contributed by atoms with E-state index in [9.17, 15) is 0 Å². The monoisotopic (exact) mass is 443 g/mol. The van der Waals surface area contributed by atoms with Crippen molar-refractivity contribution in [2.45, 2.75) is 20.0 Å². The molecule has 0 atom stereocenters. The van der Waals surface area contributed by atoms with Gasteiger partial charge >= 0.3 is 0 Å². The van der Waals surface area contributed by atoms with Crippen LogP contribution >= 0.6 is 24.0 Å². The van der Waals surface area contributed by atoms with E-state index in [4.69, 9.17) is 4.74 Å². The lowest BCUT2D eigenvalue weighted by Crippen LogP contribution is -2.38. The number of aromatic nitrogens is 2. The summed E-state index contributed by atoms with van der Waals surface area (Å²) in [6.07, 6.45) is 3.79. The summed E-state index contributed by atoms with van der Waals surface area (Å²) in [7, 11) is 5.86. The van der Waals surface area contributed by atoms with E-state index in [1.54, 1.807) is 13.2 Å². The first-order valence-electron chi connectivity index (χ1n) is 7.74. The molecule has 0 radical (unpaired) electrons. The number of aliphatic imine (C=N–C) groups is 1. The van der Waals surface area contributed by atoms with Crippen LogP contribution in [-0.2, 0) is 20.1 Å². The zero-order valence-electron chi connectivity index (χ0n) is 14.7. The van der Waals surface area contributed by atoms with Crippen molar-refractivity contribution in [1.82, 2.24) is 19.8 Å². The summed E-state index contributed by atoms with van der Waals surface area (Å²) in [5.74, 6) is 1.50. The third-order valence-corrected chi connectivity index (χ3v) is 3.59. The van der Waals surface area contributed by atoms with Gasteiger partial charge in [0.25, 0.3) is 0 Å². The lowest BCUT2D eigenvalue weighted by molar-refractivity contribution is 0.322. The number of nitrogens with one attached hydrogen (secondary N) is 1. The highest BCUT2D eigenvalue weighted by Crippen LogP contribution is 2.14. The Morgan fingerprint density at radius 2 is 2.17 bits per heavy atom. The van der Waals surface area contributed by atoms with Crippen molar-refractivity contribution >= 4 is 29.9 Å². The Hall–Kier alpha value is -1.77. The summed E-state index contributed by atoms with van der Waals surface area (Å²) >= 11 is 0. The zero-order valence-corrected chi connectivity index (χ0v) is 17.0. The number of hydrogen-bond acceptors (Lipinski definition) is 3. The predicted molar refractivity (Wildman–Crippen MR) is 108 cm³/mol. The Morgan fingerprint density at radius 1 is 1.38 bits per heavy atom. The molecule has 0 aliphatic carbocycles. The molecule has 0 fully saturated rings. The Labute approximate surface area is 161 Å². The van der Waals surface area contributed by atoms with E-state index in [1.165, 1.54) is 5.69 Å². The Balaban J connectivity index is 0.00000288. The van der Waals surface area contributed by atoms with Crippen LogP contribution in [0.2, 0.25) is 0 Å². The second-order valence-corrected chi connectivity index (χ2v) is 5.27. The van der Waals surface area contributed by atoms with Gasteiger partial charge in [-0.2, -0.15) is 0 Å². The van der Waals surface area contributed by atoms with Crippen LogP contribution < -0.4 is 10.1 Å². The fourth-order valence-electron chi connectivity index (χ4n) is 2.36. The highest BCUT2D eigenvalue weighted by Gasteiger charge is 2.10. The Kier molecular flexibility index (Phi) is 8.59. The second kappa shape index (κ2) is 10.2. The molecule has 2 aromatic heterocycles. The Morgan fingerprint density at radius 3 is 2.79 bits per heavy atom. The van der Waals surface area contributed by atoms with Gasteiger partial charge in [-0.05, 0) is 25.1 Å². The molecule has 6 nitrogen and oxygen atoms in total. The first-order valence-corrected chi connectivity index (χ1v) is 7.74. The van der Waals surface area contributed by atoms with Gasteiger partial charge in [-0.25, -0.2) is 4.98 Å². The molecule has 0 saturated heterocycles. The van der Waals surface area contributed by atoms with Crippen molar-refractivity contribution in [3.63, 3.8) is 0 Å². The summed E-state index contributed by atoms with van der Waals surface area (Å²) in [6, 6.07) is 8.08. The van der Waals surface area contributed by atoms with E-state index < -0.39 is 0 Å². The fraction of sp³-hybridized carbons (Fsp3) is 0.412. The van der Waals surface area contributed by atoms with Gasteiger partial charge in [-0.3, -0.25) is 4.99 Å². The van der Waals surface area contributed by atoms with Crippen LogP contribution in [-0.4, -0.2) is 41.1 Å². The van der Waals surface area contributed by atoms with Crippen molar-refractivity contribution in [1.29, 1.82) is 0 Å². The number of pyridine rings is 1. The van der Waals surface area contributed by atoms with Gasteiger partial charge < -0.3 is 19.5 Å². The van der Waals surface area contributed by atoms with E-state index in [0.29, 0.717) is 19.0 Å². The van der Waals surface area contributed by atoms with Gasteiger partial charge in [0.2, 0.25) is 5.88 Å². The third kappa shape index (κ3) is 5.40. The number of halogens is 1. The van der Waals surface area contributed by atoms with Crippen molar-refractivity contribution < 1.29 is 4.74 Å². The van der Waals surface area contributed by atoms with Crippen LogP contribution in [0.25, 0.3) is 0 Å². The normalized spacial score (nSPS) is 10.9. The highest BCUT2D eigenvalue weighted by molar-refractivity contribution is 14.0. The Bertz CT molecular complexity index is 656. The van der Waals surface area contributed by atoms with Crippen LogP contribution in [0.5, 0.6) is 5.88 Å². The molecule has 24 heavy (non-hydrogen) atoms. The molecule has 2 heterocycles. The zero-order chi connectivity index (χ0) is 16.7. The predicted octanol–water partition coefficient (Wildman–Crippen LogP) is 2.64. The molecule has 2 aromatic rings. The molecule has 0 spiro atoms. The quantitative estimate of drug-likeness (QED) is 0.424. The van der Waals surface area contributed by atoms with Crippen LogP contribution in [0, 0.1) is 0 Å². The first kappa shape index (κ1) is 20.3. The lowest BCUT2D eigenvalue weighted by Gasteiger charge is -2.22. The van der Waals surface area contributed by atoms with Crippen molar-refractivity contribution in [2.75, 3.05) is 20.7 Å². The molecule has 0 aliphatic rings. The van der Waals surface area contributed by atoms with Crippen LogP contribution in [0.1, 0.15) is 18.2 Å². The van der Waals surface area contributed by atoms with Crippen LogP contribution in [0.4, 0.5) is 0 Å². The molecule has 0 amide bonds. The molecule has 2 rings (SSSR count). The van der Waals surface area contributed by atoms with Gasteiger partial charge in [0.15, 0.2) is 5.96 Å². The number of ether oxygens (including phenoxy) is 1. The summed E-state index contributed by atoms with van der Waals surface area (Å²) < 4.78 is 7.67. The summed E-state index contributed by atoms with van der Waals surface area (Å²) in [6.45, 7) is 3.96. The summed E-state index contributed by atoms with van der Waals surface area (Å²) in [5, 5.41) is 3.36. The van der Waals surface area contributed by atoms with Crippen LogP contribution in [0.15, 0.2) is 41.7 Å². The standard InChI is InChI=1S/C17H25N5O.HI/c1-5-23-16-14(8-6-10-19-16)12-20-17(18-2)22(4)13-15-9-7-11-21(15)3;/h6-11H,5,12-13H2,1-4H3,(H,18,20);1H. The second-order valence-electron chi connectivity index (χ2n) is 5.27. The van der Waals surface area contributed by atoms with Gasteiger partial charge in [-0.15, -0.1) is 24.0 Å². The van der Waals surface area contributed by atoms with Gasteiger partial charge in [-0.1, -0.05) is 6.07 Å². The molecular weight excluding hydrogens is 417 g/mol. The number of nitrogens with zero attached hydrogens (tertiary/aromatic N) is 4. The lowest BCUT2D eigenvalue weighted by atomic mass is 10.2. The van der Waals surface area contributed by atoms with Gasteiger partial charge in [0, 0.05) is 51.3 Å². The molecule has 7 heteroatoms. The molecule has 0 saturated carbocycles. The maximum absolute atomic E-state index is 5.56. The summed E-state index contributed by atoms with van der Waals surface area (Å²) in [4.78, 5) is 10.7. The first-order chi connectivity index (χ1) is 11.2. The van der Waals surface area contributed by atoms with Crippen LogP contribution in [0.3, 0.4) is 0 Å². The van der Waals surface area contributed by atoms with E-state index >= 15 is 0 Å². The summed E-state index contributed by atoms with van der Waals surface area (Å²) in [5.41, 5.74) is 2.24. The van der Waals surface area contributed by atoms with E-state index in [2.05, 4.69) is 30.8 Å². The minimum Gasteiger partial charge on any atom is -0.478 e. The molecule has 1 N–H and O–H groups in total. The average molecular weight is 443 g/mol. The van der Waals surface area contributed by atoms with E-state index in [-0.39, 0.29) is 24.0 Å². The molecular formula is C17H26IN5O. The van der Waals surface area contributed by atoms with Crippen molar-refractivity contribution in [3.8, 4) is 5.88 Å². The third-order valence-electron chi connectivity index (χ3n) is 3.59. The minimum absolute atomic E-state index is 0. The maximum Gasteiger partial charge on any atom is 0.218 e. The average Bonchev–Trinajstić information content (AvgIpc) is 2.95. The van der Waals surface area contributed by atoms with Gasteiger partial charge in [0.05, 0.1) is 13.2 Å². The molecule has 0 aliphatic heterocycles.